The highest BCUT2D eigenvalue weighted by molar-refractivity contribution is 9.10. The second-order valence-corrected chi connectivity index (χ2v) is 3.35. The number of hydrogen-bond acceptors (Lipinski definition) is 3. The normalized spacial score (nSPS) is 9.50. The Morgan fingerprint density at radius 1 is 1.64 bits per heavy atom. The van der Waals surface area contributed by atoms with E-state index in [0.29, 0.717) is 5.69 Å². The van der Waals surface area contributed by atoms with E-state index in [0.717, 1.165) is 0 Å². The number of halogens is 1. The standard InChI is InChI=1S/C8H5BrN2O3/c1-3-6(9)5(8(13)14)4(2-10)7(12)11-3/h1H3,(H,11,12)(H,13,14). The van der Waals surface area contributed by atoms with Crippen LogP contribution in [0.5, 0.6) is 0 Å². The number of nitriles is 1. The monoisotopic (exact) mass is 256 g/mol. The molecule has 1 aromatic rings. The van der Waals surface area contributed by atoms with Crippen LogP contribution < -0.4 is 5.56 Å². The summed E-state index contributed by atoms with van der Waals surface area (Å²) in [5.41, 5.74) is -0.999. The number of carboxylic acids is 1. The minimum atomic E-state index is -1.30. The van der Waals surface area contributed by atoms with E-state index in [1.807, 2.05) is 0 Å². The molecule has 0 saturated carbocycles. The van der Waals surface area contributed by atoms with Gasteiger partial charge in [0.05, 0.1) is 10.0 Å². The van der Waals surface area contributed by atoms with Gasteiger partial charge in [0, 0.05) is 5.69 Å². The number of aromatic carboxylic acids is 1. The number of hydrogen-bond donors (Lipinski definition) is 2. The smallest absolute Gasteiger partial charge is 0.338 e. The molecule has 1 heterocycles. The molecule has 0 aromatic carbocycles. The highest BCUT2D eigenvalue weighted by Gasteiger charge is 2.19. The number of aromatic amines is 1. The summed E-state index contributed by atoms with van der Waals surface area (Å²) in [6, 6.07) is 1.56. The highest BCUT2D eigenvalue weighted by Crippen LogP contribution is 2.20. The zero-order chi connectivity index (χ0) is 10.9. The van der Waals surface area contributed by atoms with Gasteiger partial charge in [-0.05, 0) is 22.9 Å². The number of aryl methyl sites for hydroxylation is 1. The average molecular weight is 257 g/mol. The molecule has 1 aromatic heterocycles. The van der Waals surface area contributed by atoms with Gasteiger partial charge >= 0.3 is 5.97 Å². The van der Waals surface area contributed by atoms with Crippen molar-refractivity contribution in [3.8, 4) is 6.07 Å². The molecular weight excluding hydrogens is 252 g/mol. The molecule has 0 bridgehead atoms. The number of H-pyrrole nitrogens is 1. The molecule has 0 atom stereocenters. The minimum Gasteiger partial charge on any atom is -0.478 e. The fraction of sp³-hybridized carbons (Fsp3) is 0.125. The van der Waals surface area contributed by atoms with Crippen LogP contribution >= 0.6 is 15.9 Å². The Morgan fingerprint density at radius 2 is 2.21 bits per heavy atom. The molecule has 0 saturated heterocycles. The number of pyridine rings is 1. The van der Waals surface area contributed by atoms with E-state index < -0.39 is 17.1 Å². The van der Waals surface area contributed by atoms with Gasteiger partial charge in [-0.15, -0.1) is 0 Å². The van der Waals surface area contributed by atoms with E-state index in [4.69, 9.17) is 10.4 Å². The molecular formula is C8H5BrN2O3. The van der Waals surface area contributed by atoms with Gasteiger partial charge in [-0.25, -0.2) is 4.79 Å². The molecule has 2 N–H and O–H groups in total. The second kappa shape index (κ2) is 3.64. The van der Waals surface area contributed by atoms with Crippen LogP contribution in [0, 0.1) is 18.3 Å². The third-order valence-electron chi connectivity index (χ3n) is 1.65. The van der Waals surface area contributed by atoms with Crippen LogP contribution in [0.25, 0.3) is 0 Å². The number of nitrogens with one attached hydrogen (secondary N) is 1. The van der Waals surface area contributed by atoms with Gasteiger partial charge < -0.3 is 10.1 Å². The zero-order valence-corrected chi connectivity index (χ0v) is 8.67. The van der Waals surface area contributed by atoms with Crippen molar-refractivity contribution in [3.05, 3.63) is 31.6 Å². The highest BCUT2D eigenvalue weighted by atomic mass is 79.9. The predicted octanol–water partition coefficient (Wildman–Crippen LogP) is 1.02. The Labute approximate surface area is 87.1 Å². The quantitative estimate of drug-likeness (QED) is 0.785. The fourth-order valence-electron chi connectivity index (χ4n) is 1.01. The maximum Gasteiger partial charge on any atom is 0.338 e. The van der Waals surface area contributed by atoms with Crippen molar-refractivity contribution in [2.45, 2.75) is 6.92 Å². The van der Waals surface area contributed by atoms with E-state index in [1.165, 1.54) is 0 Å². The number of carbonyl (C=O) groups is 1. The lowest BCUT2D eigenvalue weighted by Crippen LogP contribution is -2.18. The first-order chi connectivity index (χ1) is 6.49. The van der Waals surface area contributed by atoms with E-state index >= 15 is 0 Å². The lowest BCUT2D eigenvalue weighted by atomic mass is 10.1. The summed E-state index contributed by atoms with van der Waals surface area (Å²) >= 11 is 3.00. The Balaban J connectivity index is 3.77. The molecule has 0 unspecified atom stereocenters. The van der Waals surface area contributed by atoms with E-state index in [9.17, 15) is 9.59 Å². The largest absolute Gasteiger partial charge is 0.478 e. The van der Waals surface area contributed by atoms with Crippen molar-refractivity contribution in [2.24, 2.45) is 0 Å². The molecule has 0 spiro atoms. The molecule has 0 aliphatic heterocycles. The lowest BCUT2D eigenvalue weighted by molar-refractivity contribution is 0.0695. The van der Waals surface area contributed by atoms with Crippen LogP contribution in [0.4, 0.5) is 0 Å². The molecule has 5 nitrogen and oxygen atoms in total. The second-order valence-electron chi connectivity index (χ2n) is 2.56. The Morgan fingerprint density at radius 3 is 2.64 bits per heavy atom. The van der Waals surface area contributed by atoms with Crippen LogP contribution in [0.2, 0.25) is 0 Å². The van der Waals surface area contributed by atoms with Crippen LogP contribution in [-0.4, -0.2) is 16.1 Å². The first-order valence-corrected chi connectivity index (χ1v) is 4.34. The van der Waals surface area contributed by atoms with Crippen molar-refractivity contribution in [2.75, 3.05) is 0 Å². The van der Waals surface area contributed by atoms with Gasteiger partial charge in [0.25, 0.3) is 5.56 Å². The number of aromatic nitrogens is 1. The van der Waals surface area contributed by atoms with Crippen molar-refractivity contribution < 1.29 is 9.90 Å². The first kappa shape index (κ1) is 10.5. The van der Waals surface area contributed by atoms with Crippen LogP contribution in [0.1, 0.15) is 21.6 Å². The molecule has 0 aliphatic carbocycles. The molecule has 0 fully saturated rings. The lowest BCUT2D eigenvalue weighted by Gasteiger charge is -2.03. The predicted molar refractivity (Wildman–Crippen MR) is 51.2 cm³/mol. The third-order valence-corrected chi connectivity index (χ3v) is 2.64. The number of nitrogens with zero attached hydrogens (tertiary/aromatic N) is 1. The van der Waals surface area contributed by atoms with Crippen LogP contribution in [0.15, 0.2) is 9.27 Å². The average Bonchev–Trinajstić information content (AvgIpc) is 2.10. The summed E-state index contributed by atoms with van der Waals surface area (Å²) in [5, 5.41) is 17.4. The topological polar surface area (TPSA) is 94.0 Å². The molecule has 0 radical (unpaired) electrons. The van der Waals surface area contributed by atoms with Crippen LogP contribution in [-0.2, 0) is 0 Å². The summed E-state index contributed by atoms with van der Waals surface area (Å²) in [5.74, 6) is -1.30. The molecule has 0 amide bonds. The summed E-state index contributed by atoms with van der Waals surface area (Å²) in [6.07, 6.45) is 0. The third kappa shape index (κ3) is 1.54. The maximum atomic E-state index is 11.2. The Hall–Kier alpha value is -1.61. The maximum absolute atomic E-state index is 11.2. The summed E-state index contributed by atoms with van der Waals surface area (Å²) in [6.45, 7) is 1.54. The van der Waals surface area contributed by atoms with Crippen LogP contribution in [0.3, 0.4) is 0 Å². The van der Waals surface area contributed by atoms with Gasteiger partial charge in [-0.1, -0.05) is 0 Å². The van der Waals surface area contributed by atoms with Gasteiger partial charge in [0.15, 0.2) is 0 Å². The summed E-state index contributed by atoms with van der Waals surface area (Å²) in [4.78, 5) is 24.3. The van der Waals surface area contributed by atoms with Gasteiger partial charge in [0.1, 0.15) is 11.6 Å². The molecule has 6 heteroatoms. The fourth-order valence-corrected chi connectivity index (χ4v) is 1.47. The molecule has 1 rings (SSSR count). The van der Waals surface area contributed by atoms with Gasteiger partial charge in [-0.2, -0.15) is 5.26 Å². The van der Waals surface area contributed by atoms with E-state index in [-0.39, 0.29) is 10.0 Å². The Kier molecular flexibility index (Phi) is 2.72. The summed E-state index contributed by atoms with van der Waals surface area (Å²) in [7, 11) is 0. The number of carboxylic acid groups (broad SMARTS) is 1. The number of rotatable bonds is 1. The SMILES string of the molecule is Cc1[nH]c(=O)c(C#N)c(C(=O)O)c1Br. The van der Waals surface area contributed by atoms with Crippen molar-refractivity contribution in [1.82, 2.24) is 4.98 Å². The van der Waals surface area contributed by atoms with E-state index in [1.54, 1.807) is 13.0 Å². The molecule has 0 aliphatic rings. The minimum absolute atomic E-state index is 0.223. The van der Waals surface area contributed by atoms with Crippen molar-refractivity contribution in [3.63, 3.8) is 0 Å². The molecule has 14 heavy (non-hydrogen) atoms. The Bertz CT molecular complexity index is 499. The van der Waals surface area contributed by atoms with Gasteiger partial charge in [0.2, 0.25) is 0 Å². The van der Waals surface area contributed by atoms with Gasteiger partial charge in [-0.3, -0.25) is 4.79 Å². The van der Waals surface area contributed by atoms with E-state index in [2.05, 4.69) is 20.9 Å². The first-order valence-electron chi connectivity index (χ1n) is 3.54. The summed E-state index contributed by atoms with van der Waals surface area (Å²) < 4.78 is 0.223. The van der Waals surface area contributed by atoms with Crippen molar-refractivity contribution >= 4 is 21.9 Å². The molecule has 72 valence electrons. The van der Waals surface area contributed by atoms with Crippen molar-refractivity contribution in [1.29, 1.82) is 5.26 Å². The zero-order valence-electron chi connectivity index (χ0n) is 7.09.